The van der Waals surface area contributed by atoms with Crippen LogP contribution in [0.4, 0.5) is 11.4 Å². The number of amides is 1. The van der Waals surface area contributed by atoms with Gasteiger partial charge < -0.3 is 10.6 Å². The standard InChI is InChI=1S/C21H20N4O/c1-14(2)18-9-6-7-15(3)20(18)24-13-17(12-23)21(26)25-19-10-5-4-8-16(19)11-22/h4-10,13-14,24H,1-3H3,(H,25,26)/b17-13-. The summed E-state index contributed by atoms with van der Waals surface area (Å²) >= 11 is 0. The van der Waals surface area contributed by atoms with Crippen molar-refractivity contribution in [3.63, 3.8) is 0 Å². The summed E-state index contributed by atoms with van der Waals surface area (Å²) in [6.07, 6.45) is 1.40. The minimum Gasteiger partial charge on any atom is -0.360 e. The Hall–Kier alpha value is -3.57. The molecule has 26 heavy (non-hydrogen) atoms. The second kappa shape index (κ2) is 8.50. The number of nitriles is 2. The molecule has 5 nitrogen and oxygen atoms in total. The molecule has 5 heteroatoms. The van der Waals surface area contributed by atoms with E-state index in [4.69, 9.17) is 5.26 Å². The molecule has 0 bridgehead atoms. The number of aryl methyl sites for hydroxylation is 1. The molecule has 0 aliphatic rings. The summed E-state index contributed by atoms with van der Waals surface area (Å²) in [5, 5.41) is 24.1. The average Bonchev–Trinajstić information content (AvgIpc) is 2.63. The highest BCUT2D eigenvalue weighted by Crippen LogP contribution is 2.27. The van der Waals surface area contributed by atoms with Crippen molar-refractivity contribution >= 4 is 17.3 Å². The van der Waals surface area contributed by atoms with Gasteiger partial charge in [0, 0.05) is 11.9 Å². The van der Waals surface area contributed by atoms with Crippen LogP contribution in [0, 0.1) is 29.6 Å². The van der Waals surface area contributed by atoms with Crippen LogP contribution >= 0.6 is 0 Å². The molecule has 0 spiro atoms. The van der Waals surface area contributed by atoms with Crippen molar-refractivity contribution in [2.45, 2.75) is 26.7 Å². The van der Waals surface area contributed by atoms with Crippen LogP contribution in [-0.2, 0) is 4.79 Å². The molecule has 0 aliphatic carbocycles. The van der Waals surface area contributed by atoms with Gasteiger partial charge in [-0.2, -0.15) is 10.5 Å². The Bertz CT molecular complexity index is 930. The van der Waals surface area contributed by atoms with E-state index in [9.17, 15) is 10.1 Å². The Labute approximate surface area is 153 Å². The van der Waals surface area contributed by atoms with E-state index in [1.807, 2.05) is 37.3 Å². The van der Waals surface area contributed by atoms with E-state index in [1.165, 1.54) is 6.20 Å². The summed E-state index contributed by atoms with van der Waals surface area (Å²) in [6, 6.07) is 16.5. The van der Waals surface area contributed by atoms with Crippen LogP contribution in [0.25, 0.3) is 0 Å². The van der Waals surface area contributed by atoms with Crippen molar-refractivity contribution in [2.75, 3.05) is 10.6 Å². The Kier molecular flexibility index (Phi) is 6.14. The second-order valence-corrected chi connectivity index (χ2v) is 6.12. The van der Waals surface area contributed by atoms with E-state index in [1.54, 1.807) is 24.3 Å². The van der Waals surface area contributed by atoms with Crippen molar-refractivity contribution in [3.8, 4) is 12.1 Å². The van der Waals surface area contributed by atoms with E-state index in [-0.39, 0.29) is 5.57 Å². The maximum absolute atomic E-state index is 12.4. The van der Waals surface area contributed by atoms with Crippen LogP contribution in [0.5, 0.6) is 0 Å². The fourth-order valence-corrected chi connectivity index (χ4v) is 2.54. The lowest BCUT2D eigenvalue weighted by atomic mass is 9.98. The summed E-state index contributed by atoms with van der Waals surface area (Å²) < 4.78 is 0. The average molecular weight is 344 g/mol. The fourth-order valence-electron chi connectivity index (χ4n) is 2.54. The summed E-state index contributed by atoms with van der Waals surface area (Å²) in [6.45, 7) is 6.14. The number of benzene rings is 2. The zero-order valence-corrected chi connectivity index (χ0v) is 15.0. The summed E-state index contributed by atoms with van der Waals surface area (Å²) in [5.74, 6) is -0.268. The van der Waals surface area contributed by atoms with Crippen LogP contribution in [-0.4, -0.2) is 5.91 Å². The molecule has 0 aliphatic heterocycles. The van der Waals surface area contributed by atoms with Crippen molar-refractivity contribution in [3.05, 3.63) is 70.9 Å². The van der Waals surface area contributed by atoms with E-state index < -0.39 is 5.91 Å². The van der Waals surface area contributed by atoms with Gasteiger partial charge in [0.2, 0.25) is 0 Å². The van der Waals surface area contributed by atoms with Gasteiger partial charge in [-0.3, -0.25) is 4.79 Å². The molecule has 0 aromatic heterocycles. The van der Waals surface area contributed by atoms with Gasteiger partial charge in [0.1, 0.15) is 17.7 Å². The topological polar surface area (TPSA) is 88.7 Å². The highest BCUT2D eigenvalue weighted by molar-refractivity contribution is 6.07. The Balaban J connectivity index is 2.25. The molecule has 0 heterocycles. The highest BCUT2D eigenvalue weighted by Gasteiger charge is 2.13. The Morgan fingerprint density at radius 2 is 1.85 bits per heavy atom. The molecule has 0 fully saturated rings. The van der Waals surface area contributed by atoms with Gasteiger partial charge in [0.05, 0.1) is 11.3 Å². The minimum absolute atomic E-state index is 0.0734. The lowest BCUT2D eigenvalue weighted by molar-refractivity contribution is -0.112. The monoisotopic (exact) mass is 344 g/mol. The summed E-state index contributed by atoms with van der Waals surface area (Å²) in [5.41, 5.74) is 3.66. The molecule has 0 saturated carbocycles. The molecular weight excluding hydrogens is 324 g/mol. The number of hydrogen-bond donors (Lipinski definition) is 2. The van der Waals surface area contributed by atoms with Crippen LogP contribution in [0.15, 0.2) is 54.2 Å². The second-order valence-electron chi connectivity index (χ2n) is 6.12. The Morgan fingerprint density at radius 3 is 2.50 bits per heavy atom. The SMILES string of the molecule is Cc1cccc(C(C)C)c1N/C=C(/C#N)C(=O)Nc1ccccc1C#N. The maximum atomic E-state index is 12.4. The molecular formula is C21H20N4O. The normalized spacial score (nSPS) is 10.8. The van der Waals surface area contributed by atoms with Gasteiger partial charge >= 0.3 is 0 Å². The first kappa shape index (κ1) is 18.8. The number of carbonyl (C=O) groups is 1. The zero-order chi connectivity index (χ0) is 19.1. The summed E-state index contributed by atoms with van der Waals surface area (Å²) in [7, 11) is 0. The molecule has 2 aromatic carbocycles. The fraction of sp³-hybridized carbons (Fsp3) is 0.190. The number of carbonyl (C=O) groups excluding carboxylic acids is 1. The molecule has 0 atom stereocenters. The van der Waals surface area contributed by atoms with Crippen LogP contribution in [0.2, 0.25) is 0 Å². The first-order valence-electron chi connectivity index (χ1n) is 8.24. The number of rotatable bonds is 5. The van der Waals surface area contributed by atoms with Gasteiger partial charge in [0.25, 0.3) is 5.91 Å². The highest BCUT2D eigenvalue weighted by atomic mass is 16.1. The molecule has 2 N–H and O–H groups in total. The van der Waals surface area contributed by atoms with Crippen LogP contribution in [0.1, 0.15) is 36.5 Å². The number of nitrogens with one attached hydrogen (secondary N) is 2. The molecule has 0 radical (unpaired) electrons. The van der Waals surface area contributed by atoms with Crippen LogP contribution in [0.3, 0.4) is 0 Å². The first-order chi connectivity index (χ1) is 12.5. The molecule has 2 rings (SSSR count). The lowest BCUT2D eigenvalue weighted by Crippen LogP contribution is -2.15. The molecule has 2 aromatic rings. The van der Waals surface area contributed by atoms with Gasteiger partial charge in [-0.1, -0.05) is 44.2 Å². The van der Waals surface area contributed by atoms with Crippen molar-refractivity contribution in [1.29, 1.82) is 10.5 Å². The predicted molar refractivity (Wildman–Crippen MR) is 102 cm³/mol. The van der Waals surface area contributed by atoms with Crippen LogP contribution < -0.4 is 10.6 Å². The number of hydrogen-bond acceptors (Lipinski definition) is 4. The van der Waals surface area contributed by atoms with Gasteiger partial charge in [-0.25, -0.2) is 0 Å². The predicted octanol–water partition coefficient (Wildman–Crippen LogP) is 4.45. The number of anilines is 2. The molecule has 0 saturated heterocycles. The van der Waals surface area contributed by atoms with E-state index in [0.717, 1.165) is 16.8 Å². The maximum Gasteiger partial charge on any atom is 0.267 e. The summed E-state index contributed by atoms with van der Waals surface area (Å²) in [4.78, 5) is 12.4. The molecule has 130 valence electrons. The van der Waals surface area contributed by atoms with Gasteiger partial charge in [-0.05, 0) is 36.1 Å². The third-order valence-electron chi connectivity index (χ3n) is 3.95. The third kappa shape index (κ3) is 4.28. The van der Waals surface area contributed by atoms with E-state index >= 15 is 0 Å². The van der Waals surface area contributed by atoms with E-state index in [0.29, 0.717) is 17.2 Å². The molecule has 0 unspecified atom stereocenters. The minimum atomic E-state index is -0.567. The van der Waals surface area contributed by atoms with Gasteiger partial charge in [0.15, 0.2) is 0 Å². The smallest absolute Gasteiger partial charge is 0.267 e. The quantitative estimate of drug-likeness (QED) is 0.619. The zero-order valence-electron chi connectivity index (χ0n) is 15.0. The third-order valence-corrected chi connectivity index (χ3v) is 3.95. The first-order valence-corrected chi connectivity index (χ1v) is 8.24. The molecule has 1 amide bonds. The van der Waals surface area contributed by atoms with E-state index in [2.05, 4.69) is 24.5 Å². The van der Waals surface area contributed by atoms with Crippen molar-refractivity contribution in [1.82, 2.24) is 0 Å². The van der Waals surface area contributed by atoms with Crippen molar-refractivity contribution in [2.24, 2.45) is 0 Å². The number of para-hydroxylation sites is 2. The van der Waals surface area contributed by atoms with Crippen molar-refractivity contribution < 1.29 is 4.79 Å². The Morgan fingerprint density at radius 1 is 1.12 bits per heavy atom. The largest absolute Gasteiger partial charge is 0.360 e. The van der Waals surface area contributed by atoms with Gasteiger partial charge in [-0.15, -0.1) is 0 Å². The lowest BCUT2D eigenvalue weighted by Gasteiger charge is -2.15. The number of nitrogens with zero attached hydrogens (tertiary/aromatic N) is 2.